The van der Waals surface area contributed by atoms with Crippen LogP contribution in [0.25, 0.3) is 0 Å². The van der Waals surface area contributed by atoms with Crippen molar-refractivity contribution in [2.75, 3.05) is 13.2 Å². The standard InChI is InChI=1S/C28H38O18S/c1-11(29)37-9-19-21(39-13(3)31)23(41-15(5)33)25(43-17(7)35)27(45-19)47-28-26(44-18(8)36)24(42-16(6)34)22(40-14(4)32)20(46-28)10-38-12(2)30/h19-28H,9-10H2,1-8H3/t19-,20-,21-,22-,23+,24+,25-,26+,27+,28+/m1/s1. The Morgan fingerprint density at radius 1 is 0.404 bits per heavy atom. The summed E-state index contributed by atoms with van der Waals surface area (Å²) in [5.74, 6) is -6.62. The summed E-state index contributed by atoms with van der Waals surface area (Å²) in [5, 5.41) is 0. The van der Waals surface area contributed by atoms with E-state index in [4.69, 9.17) is 47.4 Å². The molecule has 0 aromatic heterocycles. The molecule has 2 heterocycles. The Hall–Kier alpha value is -3.97. The van der Waals surface area contributed by atoms with E-state index < -0.39 is 121 Å². The Morgan fingerprint density at radius 2 is 0.660 bits per heavy atom. The molecule has 47 heavy (non-hydrogen) atoms. The van der Waals surface area contributed by atoms with Gasteiger partial charge in [0, 0.05) is 55.4 Å². The number of hydrogen-bond donors (Lipinski definition) is 0. The summed E-state index contributed by atoms with van der Waals surface area (Å²) in [6, 6.07) is 0. The second-order valence-corrected chi connectivity index (χ2v) is 11.5. The van der Waals surface area contributed by atoms with Crippen LogP contribution in [0.4, 0.5) is 0 Å². The molecule has 2 aliphatic heterocycles. The average Bonchev–Trinajstić information content (AvgIpc) is 2.91. The van der Waals surface area contributed by atoms with Crippen LogP contribution in [-0.4, -0.2) is 121 Å². The van der Waals surface area contributed by atoms with E-state index in [1.54, 1.807) is 0 Å². The van der Waals surface area contributed by atoms with Gasteiger partial charge in [-0.2, -0.15) is 0 Å². The van der Waals surface area contributed by atoms with Crippen LogP contribution >= 0.6 is 11.8 Å². The average molecular weight is 695 g/mol. The smallest absolute Gasteiger partial charge is 0.303 e. The molecule has 0 aliphatic carbocycles. The minimum absolute atomic E-state index is 0.520. The number of carbonyl (C=O) groups is 8. The fourth-order valence-corrected chi connectivity index (χ4v) is 6.14. The molecule has 0 aromatic carbocycles. The van der Waals surface area contributed by atoms with Gasteiger partial charge in [-0.25, -0.2) is 0 Å². The van der Waals surface area contributed by atoms with Crippen LogP contribution in [0, 0.1) is 0 Å². The monoisotopic (exact) mass is 694 g/mol. The normalized spacial score (nSPS) is 30.0. The zero-order valence-electron chi connectivity index (χ0n) is 26.9. The number of thioether (sulfide) groups is 1. The highest BCUT2D eigenvalue weighted by atomic mass is 32.2. The lowest BCUT2D eigenvalue weighted by atomic mass is 9.99. The molecule has 2 rings (SSSR count). The molecule has 264 valence electrons. The number of hydrogen-bond acceptors (Lipinski definition) is 19. The highest BCUT2D eigenvalue weighted by Gasteiger charge is 2.57. The maximum absolute atomic E-state index is 12.3. The molecular formula is C28H38O18S. The van der Waals surface area contributed by atoms with E-state index in [1.165, 1.54) is 0 Å². The van der Waals surface area contributed by atoms with Crippen molar-refractivity contribution in [2.45, 2.75) is 115 Å². The van der Waals surface area contributed by atoms with Gasteiger partial charge in [-0.1, -0.05) is 11.8 Å². The van der Waals surface area contributed by atoms with Crippen LogP contribution in [0.1, 0.15) is 55.4 Å². The van der Waals surface area contributed by atoms with Crippen molar-refractivity contribution >= 4 is 59.5 Å². The summed E-state index contributed by atoms with van der Waals surface area (Å²) in [6.07, 6.45) is -11.7. The van der Waals surface area contributed by atoms with Gasteiger partial charge in [0.05, 0.1) is 0 Å². The Balaban J connectivity index is 2.69. The van der Waals surface area contributed by atoms with E-state index in [0.717, 1.165) is 55.4 Å². The van der Waals surface area contributed by atoms with Gasteiger partial charge in [0.1, 0.15) is 36.3 Å². The van der Waals surface area contributed by atoms with Gasteiger partial charge in [-0.05, 0) is 0 Å². The molecule has 0 unspecified atom stereocenters. The molecule has 0 amide bonds. The predicted octanol–water partition coefficient (Wildman–Crippen LogP) is -0.114. The summed E-state index contributed by atoms with van der Waals surface area (Å²) in [5.41, 5.74) is -2.84. The van der Waals surface area contributed by atoms with E-state index in [1.807, 2.05) is 0 Å². The van der Waals surface area contributed by atoms with Crippen molar-refractivity contribution in [3.05, 3.63) is 0 Å². The molecule has 0 radical (unpaired) electrons. The van der Waals surface area contributed by atoms with E-state index in [-0.39, 0.29) is 0 Å². The van der Waals surface area contributed by atoms with Crippen LogP contribution < -0.4 is 0 Å². The number of esters is 8. The lowest BCUT2D eigenvalue weighted by molar-refractivity contribution is -0.243. The van der Waals surface area contributed by atoms with Crippen LogP contribution in [0.3, 0.4) is 0 Å². The summed E-state index contributed by atoms with van der Waals surface area (Å²) < 4.78 is 55.0. The first-order valence-corrected chi connectivity index (χ1v) is 15.1. The lowest BCUT2D eigenvalue weighted by Gasteiger charge is -2.47. The topological polar surface area (TPSA) is 229 Å². The first-order chi connectivity index (χ1) is 21.9. The van der Waals surface area contributed by atoms with Gasteiger partial charge in [0.2, 0.25) is 0 Å². The third-order valence-electron chi connectivity index (χ3n) is 6.16. The van der Waals surface area contributed by atoms with Crippen molar-refractivity contribution in [1.82, 2.24) is 0 Å². The SMILES string of the molecule is CC(=O)OC[C@H]1O[C@@H](S[C@@H]2O[C@H](COC(C)=O)[C@@H](OC(C)=O)[C@H](OC(C)=O)[C@@H]2OC(C)=O)[C@H](OC(C)=O)[C@@H](OC(C)=O)[C@@H]1OC(C)=O. The van der Waals surface area contributed by atoms with E-state index in [0.29, 0.717) is 11.8 Å². The zero-order chi connectivity index (χ0) is 35.6. The zero-order valence-corrected chi connectivity index (χ0v) is 27.8. The highest BCUT2D eigenvalue weighted by Crippen LogP contribution is 2.41. The Labute approximate surface area is 273 Å². The maximum atomic E-state index is 12.3. The fourth-order valence-electron chi connectivity index (χ4n) is 4.73. The Kier molecular flexibility index (Phi) is 14.9. The van der Waals surface area contributed by atoms with Gasteiger partial charge in [-0.15, -0.1) is 0 Å². The second kappa shape index (κ2) is 17.8. The second-order valence-electron chi connectivity index (χ2n) is 10.3. The quantitative estimate of drug-likeness (QED) is 0.192. The summed E-state index contributed by atoms with van der Waals surface area (Å²) in [7, 11) is 0. The first kappa shape index (κ1) is 39.2. The van der Waals surface area contributed by atoms with E-state index >= 15 is 0 Å². The van der Waals surface area contributed by atoms with Gasteiger partial charge in [-0.3, -0.25) is 38.4 Å². The molecule has 2 aliphatic rings. The molecule has 0 spiro atoms. The maximum Gasteiger partial charge on any atom is 0.303 e. The predicted molar refractivity (Wildman–Crippen MR) is 152 cm³/mol. The minimum Gasteiger partial charge on any atom is -0.463 e. The van der Waals surface area contributed by atoms with Crippen LogP contribution in [-0.2, 0) is 85.7 Å². The summed E-state index contributed by atoms with van der Waals surface area (Å²) >= 11 is 0.678. The van der Waals surface area contributed by atoms with Gasteiger partial charge in [0.15, 0.2) is 36.6 Å². The third-order valence-corrected chi connectivity index (χ3v) is 7.46. The number of carbonyl (C=O) groups excluding carboxylic acids is 8. The molecule has 2 saturated heterocycles. The van der Waals surface area contributed by atoms with Gasteiger partial charge in [0.25, 0.3) is 0 Å². The van der Waals surface area contributed by atoms with Crippen LogP contribution in [0.5, 0.6) is 0 Å². The number of rotatable bonds is 12. The number of ether oxygens (including phenoxy) is 10. The molecule has 19 heteroatoms. The van der Waals surface area contributed by atoms with Gasteiger partial charge < -0.3 is 47.4 Å². The van der Waals surface area contributed by atoms with Crippen LogP contribution in [0.2, 0.25) is 0 Å². The molecule has 0 aromatic rings. The summed E-state index contributed by atoms with van der Waals surface area (Å²) in [6.45, 7) is 7.50. The minimum atomic E-state index is -1.54. The molecule has 0 bridgehead atoms. The fraction of sp³-hybridized carbons (Fsp3) is 0.714. The Morgan fingerprint density at radius 3 is 0.915 bits per heavy atom. The van der Waals surface area contributed by atoms with Crippen molar-refractivity contribution in [1.29, 1.82) is 0 Å². The summed E-state index contributed by atoms with van der Waals surface area (Å²) in [4.78, 5) is 96.4. The van der Waals surface area contributed by atoms with Crippen molar-refractivity contribution in [3.63, 3.8) is 0 Å². The Bertz CT molecular complexity index is 1110. The van der Waals surface area contributed by atoms with E-state index in [2.05, 4.69) is 0 Å². The third kappa shape index (κ3) is 12.3. The van der Waals surface area contributed by atoms with Gasteiger partial charge >= 0.3 is 47.8 Å². The molecular weight excluding hydrogens is 656 g/mol. The highest BCUT2D eigenvalue weighted by molar-refractivity contribution is 8.00. The van der Waals surface area contributed by atoms with Crippen molar-refractivity contribution < 1.29 is 85.7 Å². The van der Waals surface area contributed by atoms with Crippen LogP contribution in [0.15, 0.2) is 0 Å². The van der Waals surface area contributed by atoms with Crippen molar-refractivity contribution in [2.24, 2.45) is 0 Å². The lowest BCUT2D eigenvalue weighted by Crippen LogP contribution is -2.64. The molecule has 0 saturated carbocycles. The van der Waals surface area contributed by atoms with Crippen molar-refractivity contribution in [3.8, 4) is 0 Å². The molecule has 2 fully saturated rings. The first-order valence-electron chi connectivity index (χ1n) is 14.2. The molecule has 10 atom stereocenters. The molecule has 0 N–H and O–H groups in total. The van der Waals surface area contributed by atoms with E-state index in [9.17, 15) is 38.4 Å². The molecule has 18 nitrogen and oxygen atoms in total. The largest absolute Gasteiger partial charge is 0.463 e.